The van der Waals surface area contributed by atoms with E-state index in [-0.39, 0.29) is 28.4 Å². The molecule has 0 atom stereocenters. The van der Waals surface area contributed by atoms with Gasteiger partial charge in [0.2, 0.25) is 0 Å². The quantitative estimate of drug-likeness (QED) is 0.165. The Balaban J connectivity index is 1.26. The van der Waals surface area contributed by atoms with E-state index >= 15 is 0 Å². The molecule has 0 saturated carbocycles. The lowest BCUT2D eigenvalue weighted by atomic mass is 9.33. The maximum Gasteiger partial charge on any atom is 0.261 e. The lowest BCUT2D eigenvalue weighted by Crippen LogP contribution is -2.59. The highest BCUT2D eigenvalue weighted by molar-refractivity contribution is 7.00. The molecule has 8 aromatic rings. The number of hydrogen-bond donors (Lipinski definition) is 0. The maximum atomic E-state index is 7.27. The van der Waals surface area contributed by atoms with Gasteiger partial charge in [-0.05, 0) is 116 Å². The topological polar surface area (TPSA) is 28.9 Å². The van der Waals surface area contributed by atoms with Crippen LogP contribution in [0.3, 0.4) is 0 Å². The summed E-state index contributed by atoms with van der Waals surface area (Å²) in [4.78, 5) is 4.83. The molecule has 0 amide bonds. The first-order valence-electron chi connectivity index (χ1n) is 22.6. The lowest BCUT2D eigenvalue weighted by Gasteiger charge is -2.41. The summed E-state index contributed by atoms with van der Waals surface area (Å²) >= 11 is 0. The Morgan fingerprint density at radius 1 is 0.476 bits per heavy atom. The minimum Gasteiger partial charge on any atom is -0.458 e. The Morgan fingerprint density at radius 3 is 1.59 bits per heavy atom. The molecule has 2 aliphatic heterocycles. The van der Waals surface area contributed by atoms with E-state index < -0.39 is 0 Å². The van der Waals surface area contributed by atoms with Gasteiger partial charge in [0.1, 0.15) is 22.7 Å². The average molecular weight is 827 g/mol. The van der Waals surface area contributed by atoms with E-state index in [9.17, 15) is 0 Å². The summed E-state index contributed by atoms with van der Waals surface area (Å²) in [5, 5.41) is 2.15. The van der Waals surface area contributed by atoms with Crippen molar-refractivity contribution in [2.75, 3.05) is 9.80 Å². The predicted octanol–water partition coefficient (Wildman–Crippen LogP) is 14.7. The van der Waals surface area contributed by atoms with Crippen molar-refractivity contribution in [3.63, 3.8) is 0 Å². The van der Waals surface area contributed by atoms with Crippen molar-refractivity contribution in [2.45, 2.75) is 105 Å². The minimum atomic E-state index is -0.148. The summed E-state index contributed by atoms with van der Waals surface area (Å²) in [6.45, 7) is 27.2. The molecule has 0 radical (unpaired) electrons. The summed E-state index contributed by atoms with van der Waals surface area (Å²) < 4.78 is 14.5. The molecule has 3 heterocycles. The third kappa shape index (κ3) is 6.83. The number of rotatable bonds is 4. The SMILES string of the molecule is CC(C)(C)c1ccc(N2c3ccc(C(C)(C)C)cc3B3c4c(cccc42)Oc2cc(N(c4ccc(C(C)(C)C)cc4)c4ccc(C(C)(C)C)cc4)c4c(oc5ccccc54)c23)cc1. The van der Waals surface area contributed by atoms with Crippen LogP contribution in [0.4, 0.5) is 34.1 Å². The Bertz CT molecular complexity index is 3000. The van der Waals surface area contributed by atoms with Crippen LogP contribution in [-0.2, 0) is 21.7 Å². The molecule has 10 rings (SSSR count). The van der Waals surface area contributed by atoms with Crippen LogP contribution in [0, 0.1) is 0 Å². The molecule has 316 valence electrons. The summed E-state index contributed by atoms with van der Waals surface area (Å²) in [7, 11) is 0. The molecular weight excluding hydrogens is 767 g/mol. The van der Waals surface area contributed by atoms with Gasteiger partial charge >= 0.3 is 0 Å². The van der Waals surface area contributed by atoms with E-state index in [1.165, 1.54) is 33.4 Å². The van der Waals surface area contributed by atoms with Crippen LogP contribution >= 0.6 is 0 Å². The first kappa shape index (κ1) is 40.9. The molecule has 2 aliphatic rings. The Hall–Kier alpha value is -6.20. The van der Waals surface area contributed by atoms with E-state index in [0.29, 0.717) is 0 Å². The number of furan rings is 1. The summed E-state index contributed by atoms with van der Waals surface area (Å²) in [6.07, 6.45) is 0. The number of nitrogens with zero attached hydrogens (tertiary/aromatic N) is 2. The molecule has 4 nitrogen and oxygen atoms in total. The van der Waals surface area contributed by atoms with Crippen LogP contribution in [0.15, 0.2) is 144 Å². The van der Waals surface area contributed by atoms with Gasteiger partial charge < -0.3 is 19.0 Å². The molecule has 0 bridgehead atoms. The van der Waals surface area contributed by atoms with Gasteiger partial charge in [-0.15, -0.1) is 0 Å². The van der Waals surface area contributed by atoms with E-state index in [1.54, 1.807) is 0 Å². The smallest absolute Gasteiger partial charge is 0.261 e. The second-order valence-electron chi connectivity index (χ2n) is 21.9. The molecule has 0 N–H and O–H groups in total. The molecule has 0 fully saturated rings. The number of para-hydroxylation sites is 1. The van der Waals surface area contributed by atoms with Crippen molar-refractivity contribution >= 4 is 79.2 Å². The second kappa shape index (κ2) is 14.2. The third-order valence-electron chi connectivity index (χ3n) is 13.4. The number of fused-ring (bicyclic) bond motifs is 8. The maximum absolute atomic E-state index is 7.27. The molecule has 0 spiro atoms. The number of hydrogen-bond acceptors (Lipinski definition) is 4. The standard InChI is InChI=1S/C58H59BN2O2/c1-55(2,3)36-20-27-40(28-21-36)60(41-29-22-37(23-30-41)56(4,5)6)47-35-50-53(54-51(47)43-16-13-14-18-48(43)63-54)59-44-34-39(58(10,11)12)26-33-45(44)61(46-17-15-19-49(62-50)52(46)59)42-31-24-38(25-32-42)57(7,8)9/h13-35H,1-12H3. The molecule has 63 heavy (non-hydrogen) atoms. The van der Waals surface area contributed by atoms with E-state index in [0.717, 1.165) is 72.8 Å². The van der Waals surface area contributed by atoms with Gasteiger partial charge in [0, 0.05) is 45.4 Å². The van der Waals surface area contributed by atoms with Gasteiger partial charge in [0.15, 0.2) is 0 Å². The van der Waals surface area contributed by atoms with Gasteiger partial charge in [0.25, 0.3) is 6.71 Å². The van der Waals surface area contributed by atoms with Gasteiger partial charge in [-0.1, -0.05) is 156 Å². The predicted molar refractivity (Wildman–Crippen MR) is 269 cm³/mol. The van der Waals surface area contributed by atoms with Crippen molar-refractivity contribution in [1.82, 2.24) is 0 Å². The normalized spacial score (nSPS) is 13.8. The zero-order valence-electron chi connectivity index (χ0n) is 39.1. The van der Waals surface area contributed by atoms with E-state index in [2.05, 4.69) is 232 Å². The highest BCUT2D eigenvalue weighted by Gasteiger charge is 2.45. The minimum absolute atomic E-state index is 0.0201. The second-order valence-corrected chi connectivity index (χ2v) is 21.9. The van der Waals surface area contributed by atoms with Crippen molar-refractivity contribution in [1.29, 1.82) is 0 Å². The average Bonchev–Trinajstić information content (AvgIpc) is 3.63. The van der Waals surface area contributed by atoms with Crippen LogP contribution in [0.2, 0.25) is 0 Å². The van der Waals surface area contributed by atoms with Gasteiger partial charge in [0.05, 0.1) is 11.1 Å². The molecule has 0 aliphatic carbocycles. The van der Waals surface area contributed by atoms with Crippen LogP contribution in [0.1, 0.15) is 105 Å². The Morgan fingerprint density at radius 2 is 1.02 bits per heavy atom. The van der Waals surface area contributed by atoms with Crippen molar-refractivity contribution in [2.24, 2.45) is 0 Å². The number of ether oxygens (including phenoxy) is 1. The summed E-state index contributed by atoms with van der Waals surface area (Å²) in [5.41, 5.74) is 17.0. The lowest BCUT2D eigenvalue weighted by molar-refractivity contribution is 0.487. The summed E-state index contributed by atoms with van der Waals surface area (Å²) in [5.74, 6) is 1.68. The zero-order chi connectivity index (χ0) is 44.4. The molecule has 0 unspecified atom stereocenters. The highest BCUT2D eigenvalue weighted by Crippen LogP contribution is 2.49. The van der Waals surface area contributed by atoms with Crippen molar-refractivity contribution in [3.8, 4) is 11.5 Å². The molecule has 0 saturated heterocycles. The number of benzene rings is 7. The Labute approximate surface area is 374 Å². The van der Waals surface area contributed by atoms with Crippen LogP contribution < -0.4 is 30.9 Å². The van der Waals surface area contributed by atoms with Crippen molar-refractivity contribution in [3.05, 3.63) is 162 Å². The highest BCUT2D eigenvalue weighted by atomic mass is 16.5. The van der Waals surface area contributed by atoms with E-state index in [1.807, 2.05) is 0 Å². The first-order valence-corrected chi connectivity index (χ1v) is 22.6. The fourth-order valence-corrected chi connectivity index (χ4v) is 9.71. The number of anilines is 6. The van der Waals surface area contributed by atoms with Crippen molar-refractivity contribution < 1.29 is 9.15 Å². The van der Waals surface area contributed by atoms with Gasteiger partial charge in [-0.3, -0.25) is 0 Å². The molecule has 5 heteroatoms. The van der Waals surface area contributed by atoms with Crippen LogP contribution in [0.25, 0.3) is 21.9 Å². The zero-order valence-corrected chi connectivity index (χ0v) is 39.1. The summed E-state index contributed by atoms with van der Waals surface area (Å²) in [6, 6.07) is 51.7. The van der Waals surface area contributed by atoms with Gasteiger partial charge in [-0.2, -0.15) is 0 Å². The largest absolute Gasteiger partial charge is 0.458 e. The van der Waals surface area contributed by atoms with Crippen LogP contribution in [-0.4, -0.2) is 6.71 Å². The van der Waals surface area contributed by atoms with Crippen LogP contribution in [0.5, 0.6) is 11.5 Å². The third-order valence-corrected chi connectivity index (χ3v) is 13.4. The fourth-order valence-electron chi connectivity index (χ4n) is 9.71. The Kier molecular flexibility index (Phi) is 9.18. The monoisotopic (exact) mass is 826 g/mol. The molecular formula is C58H59BN2O2. The fraction of sp³-hybridized carbons (Fsp3) is 0.276. The first-order chi connectivity index (χ1) is 29.8. The van der Waals surface area contributed by atoms with E-state index in [4.69, 9.17) is 9.15 Å². The van der Waals surface area contributed by atoms with Gasteiger partial charge in [-0.25, -0.2) is 0 Å². The molecule has 1 aromatic heterocycles. The molecule has 7 aromatic carbocycles.